The first-order valence-corrected chi connectivity index (χ1v) is 10.7. The summed E-state index contributed by atoms with van der Waals surface area (Å²) in [6, 6.07) is 8.90. The third-order valence-electron chi connectivity index (χ3n) is 5.07. The van der Waals surface area contributed by atoms with Crippen molar-refractivity contribution in [2.75, 3.05) is 20.8 Å². The highest BCUT2D eigenvalue weighted by atomic mass is 16.5. The molecule has 0 spiro atoms. The number of nitrogens with one attached hydrogen (secondary N) is 1. The number of hydrogen-bond donors (Lipinski definition) is 2. The van der Waals surface area contributed by atoms with Gasteiger partial charge in [0.1, 0.15) is 17.5 Å². The number of amides is 1. The number of rotatable bonds is 10. The summed E-state index contributed by atoms with van der Waals surface area (Å²) in [6.45, 7) is 3.37. The number of Topliss-reactive ketones (excluding diaryl/α,β-unsaturated/α-hetero) is 1. The molecule has 0 saturated heterocycles. The second-order valence-corrected chi connectivity index (χ2v) is 8.06. The monoisotopic (exact) mass is 469 g/mol. The van der Waals surface area contributed by atoms with E-state index in [0.717, 1.165) is 0 Å². The van der Waals surface area contributed by atoms with Crippen LogP contribution in [0.1, 0.15) is 36.2 Å². The van der Waals surface area contributed by atoms with Crippen LogP contribution >= 0.6 is 0 Å². The van der Waals surface area contributed by atoms with Gasteiger partial charge in [0, 0.05) is 11.6 Å². The van der Waals surface area contributed by atoms with Crippen molar-refractivity contribution < 1.29 is 38.4 Å². The van der Waals surface area contributed by atoms with Crippen molar-refractivity contribution in [3.05, 3.63) is 53.3 Å². The molecule has 1 atom stereocenters. The summed E-state index contributed by atoms with van der Waals surface area (Å²) in [4.78, 5) is 36.2. The van der Waals surface area contributed by atoms with Crippen molar-refractivity contribution in [2.24, 2.45) is 5.92 Å². The number of carboxylic acids is 1. The third-order valence-corrected chi connectivity index (χ3v) is 5.07. The van der Waals surface area contributed by atoms with E-state index in [1.807, 2.05) is 13.8 Å². The summed E-state index contributed by atoms with van der Waals surface area (Å²) in [5.74, 6) is -0.166. The van der Waals surface area contributed by atoms with Gasteiger partial charge in [-0.1, -0.05) is 26.0 Å². The van der Waals surface area contributed by atoms with E-state index in [1.165, 1.54) is 20.3 Å². The van der Waals surface area contributed by atoms with Crippen molar-refractivity contribution in [3.63, 3.8) is 0 Å². The second-order valence-electron chi connectivity index (χ2n) is 8.06. The van der Waals surface area contributed by atoms with E-state index in [1.54, 1.807) is 36.4 Å². The van der Waals surface area contributed by atoms with Gasteiger partial charge in [0.25, 0.3) is 5.91 Å². The number of allylic oxidation sites excluding steroid dienone is 1. The predicted octanol–water partition coefficient (Wildman–Crippen LogP) is 3.31. The number of para-hydroxylation sites is 1. The van der Waals surface area contributed by atoms with E-state index in [2.05, 4.69) is 5.32 Å². The maximum absolute atomic E-state index is 12.8. The standard InChI is InChI=1S/C25H27NO8/c1-14(2)10-18(25(29)30)26-22(27)13-33-16-8-9-17-20(12-16)34-21(23(17)28)11-15-6-5-7-19(31-3)24(15)32-4/h5-9,11-12,14,18H,10,13H2,1-4H3,(H,26,27)(H,29,30). The van der Waals surface area contributed by atoms with Crippen molar-refractivity contribution in [1.82, 2.24) is 5.32 Å². The van der Waals surface area contributed by atoms with Gasteiger partial charge in [0.2, 0.25) is 5.78 Å². The quantitative estimate of drug-likeness (QED) is 0.509. The second kappa shape index (κ2) is 10.7. The highest BCUT2D eigenvalue weighted by Gasteiger charge is 2.28. The van der Waals surface area contributed by atoms with Crippen molar-refractivity contribution in [3.8, 4) is 23.0 Å². The van der Waals surface area contributed by atoms with Gasteiger partial charge in [-0.25, -0.2) is 4.79 Å². The van der Waals surface area contributed by atoms with Gasteiger partial charge in [-0.15, -0.1) is 0 Å². The van der Waals surface area contributed by atoms with Crippen LogP contribution < -0.4 is 24.3 Å². The maximum atomic E-state index is 12.8. The van der Waals surface area contributed by atoms with E-state index in [9.17, 15) is 19.5 Å². The van der Waals surface area contributed by atoms with E-state index in [4.69, 9.17) is 18.9 Å². The van der Waals surface area contributed by atoms with E-state index >= 15 is 0 Å². The molecule has 34 heavy (non-hydrogen) atoms. The summed E-state index contributed by atoms with van der Waals surface area (Å²) in [5.41, 5.74) is 0.966. The average Bonchev–Trinajstić information content (AvgIpc) is 3.11. The molecule has 1 aliphatic heterocycles. The minimum absolute atomic E-state index is 0.105. The predicted molar refractivity (Wildman–Crippen MR) is 123 cm³/mol. The molecule has 0 fully saturated rings. The Balaban J connectivity index is 1.70. The Morgan fingerprint density at radius 2 is 1.91 bits per heavy atom. The van der Waals surface area contributed by atoms with Gasteiger partial charge < -0.3 is 29.4 Å². The number of benzene rings is 2. The van der Waals surface area contributed by atoms with Gasteiger partial charge in [0.05, 0.1) is 19.8 Å². The Bertz CT molecular complexity index is 1120. The lowest BCUT2D eigenvalue weighted by Crippen LogP contribution is -2.43. The zero-order valence-electron chi connectivity index (χ0n) is 19.4. The van der Waals surface area contributed by atoms with Crippen LogP contribution in [0.4, 0.5) is 0 Å². The number of carbonyl (C=O) groups excluding carboxylic acids is 2. The molecular formula is C25H27NO8. The first kappa shape index (κ1) is 24.6. The van der Waals surface area contributed by atoms with Crippen LogP contribution in [0.25, 0.3) is 6.08 Å². The normalized spacial score (nSPS) is 14.4. The Hall–Kier alpha value is -4.01. The van der Waals surface area contributed by atoms with E-state index in [0.29, 0.717) is 40.5 Å². The topological polar surface area (TPSA) is 120 Å². The highest BCUT2D eigenvalue weighted by molar-refractivity contribution is 6.14. The fourth-order valence-electron chi connectivity index (χ4n) is 3.50. The van der Waals surface area contributed by atoms with Gasteiger partial charge in [-0.3, -0.25) is 9.59 Å². The lowest BCUT2D eigenvalue weighted by Gasteiger charge is -2.16. The molecule has 9 nitrogen and oxygen atoms in total. The highest BCUT2D eigenvalue weighted by Crippen LogP contribution is 2.37. The van der Waals surface area contributed by atoms with E-state index in [-0.39, 0.29) is 24.1 Å². The summed E-state index contributed by atoms with van der Waals surface area (Å²) >= 11 is 0. The minimum Gasteiger partial charge on any atom is -0.493 e. The number of carbonyl (C=O) groups is 3. The first-order valence-electron chi connectivity index (χ1n) is 10.7. The van der Waals surface area contributed by atoms with Crippen LogP contribution in [-0.4, -0.2) is 49.6 Å². The zero-order chi connectivity index (χ0) is 24.8. The number of fused-ring (bicyclic) bond motifs is 1. The molecule has 9 heteroatoms. The Kier molecular flexibility index (Phi) is 7.78. The summed E-state index contributed by atoms with van der Waals surface area (Å²) < 4.78 is 21.9. The number of hydrogen-bond acceptors (Lipinski definition) is 7. The van der Waals surface area contributed by atoms with Crippen molar-refractivity contribution in [1.29, 1.82) is 0 Å². The van der Waals surface area contributed by atoms with Gasteiger partial charge in [-0.2, -0.15) is 0 Å². The maximum Gasteiger partial charge on any atom is 0.326 e. The largest absolute Gasteiger partial charge is 0.493 e. The molecule has 0 saturated carbocycles. The van der Waals surface area contributed by atoms with Crippen molar-refractivity contribution in [2.45, 2.75) is 26.3 Å². The smallest absolute Gasteiger partial charge is 0.326 e. The molecule has 1 aliphatic rings. The number of ether oxygens (including phenoxy) is 4. The molecule has 0 bridgehead atoms. The van der Waals surface area contributed by atoms with Crippen LogP contribution in [-0.2, 0) is 9.59 Å². The van der Waals surface area contributed by atoms with Crippen LogP contribution in [0.15, 0.2) is 42.2 Å². The molecule has 2 aromatic rings. The minimum atomic E-state index is -1.10. The van der Waals surface area contributed by atoms with E-state index < -0.39 is 17.9 Å². The molecule has 1 unspecified atom stereocenters. The van der Waals surface area contributed by atoms with Gasteiger partial charge >= 0.3 is 5.97 Å². The molecule has 1 amide bonds. The molecule has 2 N–H and O–H groups in total. The Labute approximate surface area is 197 Å². The number of methoxy groups -OCH3 is 2. The SMILES string of the molecule is COc1cccc(C=C2Oc3cc(OCC(=O)NC(CC(C)C)C(=O)O)ccc3C2=O)c1OC. The molecule has 0 aromatic heterocycles. The van der Waals surface area contributed by atoms with Crippen LogP contribution in [0.5, 0.6) is 23.0 Å². The first-order chi connectivity index (χ1) is 16.2. The number of ketones is 1. The summed E-state index contributed by atoms with van der Waals surface area (Å²) in [5, 5.41) is 11.7. The Morgan fingerprint density at radius 3 is 2.56 bits per heavy atom. The molecule has 180 valence electrons. The fourth-order valence-corrected chi connectivity index (χ4v) is 3.50. The molecule has 2 aromatic carbocycles. The molecule has 0 radical (unpaired) electrons. The lowest BCUT2D eigenvalue weighted by molar-refractivity contribution is -0.142. The van der Waals surface area contributed by atoms with Crippen LogP contribution in [0.2, 0.25) is 0 Å². The van der Waals surface area contributed by atoms with Crippen LogP contribution in [0.3, 0.4) is 0 Å². The Morgan fingerprint density at radius 1 is 1.15 bits per heavy atom. The third kappa shape index (κ3) is 5.67. The molecule has 0 aliphatic carbocycles. The number of carboxylic acid groups (broad SMARTS) is 1. The molecule has 3 rings (SSSR count). The zero-order valence-corrected chi connectivity index (χ0v) is 19.4. The summed E-state index contributed by atoms with van der Waals surface area (Å²) in [6.07, 6.45) is 1.88. The molecule has 1 heterocycles. The van der Waals surface area contributed by atoms with Gasteiger partial charge in [-0.05, 0) is 36.6 Å². The lowest BCUT2D eigenvalue weighted by atomic mass is 10.0. The average molecular weight is 469 g/mol. The summed E-state index contributed by atoms with van der Waals surface area (Å²) in [7, 11) is 3.03. The van der Waals surface area contributed by atoms with Gasteiger partial charge in [0.15, 0.2) is 23.9 Å². The van der Waals surface area contributed by atoms with Crippen molar-refractivity contribution >= 4 is 23.7 Å². The molecular weight excluding hydrogens is 442 g/mol. The fraction of sp³-hybridized carbons (Fsp3) is 0.320. The van der Waals surface area contributed by atoms with Crippen LogP contribution in [0, 0.1) is 5.92 Å². The number of aliphatic carboxylic acids is 1.